The molecule has 5 nitrogen and oxygen atoms in total. The fraction of sp³-hybridized carbons (Fsp3) is 0.160. The first kappa shape index (κ1) is 19.6. The van der Waals surface area contributed by atoms with Crippen LogP contribution in [0.2, 0.25) is 0 Å². The number of aromatic amines is 1. The second-order valence-electron chi connectivity index (χ2n) is 7.01. The molecule has 5 heteroatoms. The molecule has 0 spiro atoms. The SMILES string of the molecule is COc1cc(C(=O)NCCc2c[nH]c3ccccc23)ccc1OCc1ccccc1. The molecule has 0 aliphatic heterocycles. The molecule has 0 aliphatic carbocycles. The van der Waals surface area contributed by atoms with Gasteiger partial charge in [-0.15, -0.1) is 0 Å². The highest BCUT2D eigenvalue weighted by atomic mass is 16.5. The van der Waals surface area contributed by atoms with E-state index in [4.69, 9.17) is 9.47 Å². The van der Waals surface area contributed by atoms with Gasteiger partial charge in [0.2, 0.25) is 0 Å². The number of rotatable bonds is 8. The van der Waals surface area contributed by atoms with Crippen molar-refractivity contribution in [2.24, 2.45) is 0 Å². The van der Waals surface area contributed by atoms with E-state index in [1.54, 1.807) is 25.3 Å². The molecule has 4 rings (SSSR count). The zero-order valence-corrected chi connectivity index (χ0v) is 16.9. The van der Waals surface area contributed by atoms with E-state index < -0.39 is 0 Å². The van der Waals surface area contributed by atoms with Gasteiger partial charge >= 0.3 is 0 Å². The standard InChI is InChI=1S/C25H24N2O3/c1-29-24-15-19(11-12-23(24)30-17-18-7-3-2-4-8-18)25(28)26-14-13-20-16-27-22-10-6-5-9-21(20)22/h2-12,15-16,27H,13-14,17H2,1H3,(H,26,28). The normalized spacial score (nSPS) is 10.7. The third-order valence-corrected chi connectivity index (χ3v) is 5.02. The smallest absolute Gasteiger partial charge is 0.251 e. The molecule has 0 aliphatic rings. The van der Waals surface area contributed by atoms with E-state index in [1.807, 2.05) is 54.7 Å². The number of carbonyl (C=O) groups excluding carboxylic acids is 1. The number of ether oxygens (including phenoxy) is 2. The first-order valence-electron chi connectivity index (χ1n) is 9.92. The number of benzene rings is 3. The number of para-hydroxylation sites is 1. The van der Waals surface area contributed by atoms with E-state index in [2.05, 4.69) is 16.4 Å². The van der Waals surface area contributed by atoms with E-state index in [0.29, 0.717) is 30.2 Å². The molecule has 2 N–H and O–H groups in total. The summed E-state index contributed by atoms with van der Waals surface area (Å²) in [6, 6.07) is 23.3. The minimum absolute atomic E-state index is 0.136. The molecule has 0 saturated carbocycles. The van der Waals surface area contributed by atoms with E-state index in [9.17, 15) is 4.79 Å². The van der Waals surface area contributed by atoms with Crippen LogP contribution in [0.1, 0.15) is 21.5 Å². The van der Waals surface area contributed by atoms with Gasteiger partial charge in [0.05, 0.1) is 7.11 Å². The summed E-state index contributed by atoms with van der Waals surface area (Å²) in [5, 5.41) is 4.17. The number of nitrogens with one attached hydrogen (secondary N) is 2. The van der Waals surface area contributed by atoms with Crippen molar-refractivity contribution in [3.05, 3.63) is 95.7 Å². The molecular formula is C25H24N2O3. The molecule has 3 aromatic carbocycles. The van der Waals surface area contributed by atoms with Gasteiger partial charge in [-0.3, -0.25) is 4.79 Å². The number of hydrogen-bond donors (Lipinski definition) is 2. The lowest BCUT2D eigenvalue weighted by Crippen LogP contribution is -2.25. The maximum absolute atomic E-state index is 12.6. The zero-order valence-electron chi connectivity index (χ0n) is 16.9. The molecule has 30 heavy (non-hydrogen) atoms. The van der Waals surface area contributed by atoms with Gasteiger partial charge in [0.15, 0.2) is 11.5 Å². The predicted octanol–water partition coefficient (Wildman–Crippen LogP) is 4.73. The molecule has 0 fully saturated rings. The predicted molar refractivity (Wildman–Crippen MR) is 118 cm³/mol. The highest BCUT2D eigenvalue weighted by Gasteiger charge is 2.12. The average molecular weight is 400 g/mol. The van der Waals surface area contributed by atoms with E-state index in [0.717, 1.165) is 17.5 Å². The van der Waals surface area contributed by atoms with Gasteiger partial charge in [0, 0.05) is 29.2 Å². The van der Waals surface area contributed by atoms with Crippen molar-refractivity contribution in [2.75, 3.05) is 13.7 Å². The Bertz CT molecular complexity index is 1140. The molecule has 0 atom stereocenters. The first-order chi connectivity index (χ1) is 14.7. The van der Waals surface area contributed by atoms with Crippen LogP contribution >= 0.6 is 0 Å². The molecule has 4 aromatic rings. The summed E-state index contributed by atoms with van der Waals surface area (Å²) in [7, 11) is 1.57. The van der Waals surface area contributed by atoms with Gasteiger partial charge in [-0.1, -0.05) is 48.5 Å². The summed E-state index contributed by atoms with van der Waals surface area (Å²) < 4.78 is 11.3. The summed E-state index contributed by atoms with van der Waals surface area (Å²) >= 11 is 0. The summed E-state index contributed by atoms with van der Waals surface area (Å²) in [4.78, 5) is 15.8. The Morgan fingerprint density at radius 1 is 0.967 bits per heavy atom. The summed E-state index contributed by atoms with van der Waals surface area (Å²) in [6.45, 7) is 0.989. The van der Waals surface area contributed by atoms with Crippen LogP contribution in [-0.2, 0) is 13.0 Å². The summed E-state index contributed by atoms with van der Waals surface area (Å²) in [5.41, 5.74) is 3.90. The van der Waals surface area contributed by atoms with Gasteiger partial charge in [-0.05, 0) is 41.8 Å². The highest BCUT2D eigenvalue weighted by molar-refractivity contribution is 5.95. The molecule has 0 unspecified atom stereocenters. The monoisotopic (exact) mass is 400 g/mol. The van der Waals surface area contributed by atoms with E-state index in [1.165, 1.54) is 10.9 Å². The van der Waals surface area contributed by atoms with Crippen LogP contribution in [0.5, 0.6) is 11.5 Å². The van der Waals surface area contributed by atoms with Crippen molar-refractivity contribution >= 4 is 16.8 Å². The second-order valence-corrected chi connectivity index (χ2v) is 7.01. The molecule has 0 bridgehead atoms. The summed E-state index contributed by atoms with van der Waals surface area (Å²) in [5.74, 6) is 1.01. The van der Waals surface area contributed by atoms with Gasteiger partial charge < -0.3 is 19.8 Å². The number of methoxy groups -OCH3 is 1. The van der Waals surface area contributed by atoms with Gasteiger partial charge in [0.25, 0.3) is 5.91 Å². The first-order valence-corrected chi connectivity index (χ1v) is 9.92. The van der Waals surface area contributed by atoms with Crippen molar-refractivity contribution in [1.29, 1.82) is 0 Å². The lowest BCUT2D eigenvalue weighted by molar-refractivity contribution is 0.0953. The fourth-order valence-electron chi connectivity index (χ4n) is 3.41. The Hall–Kier alpha value is -3.73. The number of amides is 1. The van der Waals surface area contributed by atoms with E-state index >= 15 is 0 Å². The topological polar surface area (TPSA) is 63.3 Å². The third-order valence-electron chi connectivity index (χ3n) is 5.02. The molecule has 152 valence electrons. The number of carbonyl (C=O) groups is 1. The number of aromatic nitrogens is 1. The van der Waals surface area contributed by atoms with Gasteiger partial charge in [-0.2, -0.15) is 0 Å². The molecule has 0 saturated heterocycles. The largest absolute Gasteiger partial charge is 0.493 e. The fourth-order valence-corrected chi connectivity index (χ4v) is 3.41. The maximum Gasteiger partial charge on any atom is 0.251 e. The number of hydrogen-bond acceptors (Lipinski definition) is 3. The van der Waals surface area contributed by atoms with Crippen molar-refractivity contribution < 1.29 is 14.3 Å². The Morgan fingerprint density at radius 2 is 1.77 bits per heavy atom. The molecule has 1 aromatic heterocycles. The number of H-pyrrole nitrogens is 1. The molecular weight excluding hydrogens is 376 g/mol. The Kier molecular flexibility index (Phi) is 5.99. The minimum atomic E-state index is -0.136. The van der Waals surface area contributed by atoms with Crippen molar-refractivity contribution in [3.63, 3.8) is 0 Å². The minimum Gasteiger partial charge on any atom is -0.493 e. The summed E-state index contributed by atoms with van der Waals surface area (Å²) in [6.07, 6.45) is 2.75. The lowest BCUT2D eigenvalue weighted by Gasteiger charge is -2.12. The molecule has 0 radical (unpaired) electrons. The van der Waals surface area contributed by atoms with Crippen molar-refractivity contribution in [3.8, 4) is 11.5 Å². The van der Waals surface area contributed by atoms with Crippen molar-refractivity contribution in [2.45, 2.75) is 13.0 Å². The zero-order chi connectivity index (χ0) is 20.8. The average Bonchev–Trinajstić information content (AvgIpc) is 3.21. The van der Waals surface area contributed by atoms with Gasteiger partial charge in [-0.25, -0.2) is 0 Å². The molecule has 1 amide bonds. The highest BCUT2D eigenvalue weighted by Crippen LogP contribution is 2.29. The lowest BCUT2D eigenvalue weighted by atomic mass is 10.1. The Labute approximate surface area is 175 Å². The van der Waals surface area contributed by atoms with Crippen LogP contribution in [0.3, 0.4) is 0 Å². The van der Waals surface area contributed by atoms with Crippen LogP contribution in [-0.4, -0.2) is 24.5 Å². The van der Waals surface area contributed by atoms with Crippen LogP contribution in [0.15, 0.2) is 79.0 Å². The van der Waals surface area contributed by atoms with Crippen LogP contribution in [0.4, 0.5) is 0 Å². The van der Waals surface area contributed by atoms with Crippen LogP contribution < -0.4 is 14.8 Å². The quantitative estimate of drug-likeness (QED) is 0.450. The molecule has 1 heterocycles. The maximum atomic E-state index is 12.6. The third kappa shape index (κ3) is 4.46. The van der Waals surface area contributed by atoms with Crippen molar-refractivity contribution in [1.82, 2.24) is 10.3 Å². The Morgan fingerprint density at radius 3 is 2.60 bits per heavy atom. The van der Waals surface area contributed by atoms with Crippen LogP contribution in [0.25, 0.3) is 10.9 Å². The van der Waals surface area contributed by atoms with Crippen LogP contribution in [0, 0.1) is 0 Å². The number of fused-ring (bicyclic) bond motifs is 1. The Balaban J connectivity index is 1.36. The van der Waals surface area contributed by atoms with Gasteiger partial charge in [0.1, 0.15) is 6.61 Å². The second kappa shape index (κ2) is 9.18. The van der Waals surface area contributed by atoms with E-state index in [-0.39, 0.29) is 5.91 Å².